The first-order chi connectivity index (χ1) is 20.1. The Morgan fingerprint density at radius 2 is 1.48 bits per heavy atom. The third kappa shape index (κ3) is 14.1. The molecule has 1 aromatic heterocycles. The number of unbranched alkanes of at least 4 members (excludes halogenated alkanes) is 11. The number of ether oxygens (including phenoxy) is 3. The molecule has 0 radical (unpaired) electrons. The molecule has 0 atom stereocenters. The highest BCUT2D eigenvalue weighted by molar-refractivity contribution is 7.09. The Kier molecular flexibility index (Phi) is 17.9. The van der Waals surface area contributed by atoms with Gasteiger partial charge in [-0.1, -0.05) is 101 Å². The molecule has 0 bridgehead atoms. The summed E-state index contributed by atoms with van der Waals surface area (Å²) < 4.78 is 19.4. The number of nitrogens with zero attached hydrogens (tertiary/aromatic N) is 1. The van der Waals surface area contributed by atoms with Crippen molar-refractivity contribution in [1.82, 2.24) is 0 Å². The molecule has 0 spiro atoms. The molecule has 1 heterocycles. The van der Waals surface area contributed by atoms with E-state index in [1.165, 1.54) is 74.6 Å². The molecule has 2 aromatic carbocycles. The fourth-order valence-electron chi connectivity index (χ4n) is 4.75. The van der Waals surface area contributed by atoms with E-state index in [-0.39, 0.29) is 29.5 Å². The third-order valence-electron chi connectivity index (χ3n) is 7.09. The summed E-state index contributed by atoms with van der Waals surface area (Å²) in [5.41, 5.74) is 4.03. The van der Waals surface area contributed by atoms with Gasteiger partial charge < -0.3 is 36.5 Å². The van der Waals surface area contributed by atoms with Gasteiger partial charge in [0, 0.05) is 17.3 Å². The zero-order valence-electron chi connectivity index (χ0n) is 25.7. The molecule has 0 saturated heterocycles. The average molecular weight is 662 g/mol. The van der Waals surface area contributed by atoms with E-state index >= 15 is 0 Å². The lowest BCUT2D eigenvalue weighted by Gasteiger charge is -2.14. The number of anilines is 1. The van der Waals surface area contributed by atoms with Crippen LogP contribution in [-0.4, -0.2) is 26.2 Å². The van der Waals surface area contributed by atoms with Crippen LogP contribution in [0.3, 0.4) is 0 Å². The molecule has 0 aliphatic rings. The second kappa shape index (κ2) is 21.2. The summed E-state index contributed by atoms with van der Waals surface area (Å²) in [6.45, 7) is 5.68. The lowest BCUT2D eigenvalue weighted by atomic mass is 10.1. The van der Waals surface area contributed by atoms with Crippen molar-refractivity contribution in [3.63, 3.8) is 0 Å². The molecule has 0 aliphatic heterocycles. The van der Waals surface area contributed by atoms with Crippen LogP contribution in [0.1, 0.15) is 94.4 Å². The molecular formula is C34H49BrN2O4S. The predicted molar refractivity (Wildman–Crippen MR) is 168 cm³/mol. The first kappa shape index (κ1) is 35.6. The number of halogens is 1. The van der Waals surface area contributed by atoms with Crippen LogP contribution in [-0.2, 0) is 11.3 Å². The smallest absolute Gasteiger partial charge is 0.262 e. The Morgan fingerprint density at radius 1 is 0.833 bits per heavy atom. The molecule has 42 heavy (non-hydrogen) atoms. The van der Waals surface area contributed by atoms with Gasteiger partial charge in [0.25, 0.3) is 5.91 Å². The van der Waals surface area contributed by atoms with Crippen LogP contribution in [0.2, 0.25) is 0 Å². The Balaban J connectivity index is 0.00000616. The number of rotatable bonds is 21. The predicted octanol–water partition coefficient (Wildman–Crippen LogP) is 5.50. The summed E-state index contributed by atoms with van der Waals surface area (Å²) in [6.07, 6.45) is 17.8. The molecular weight excluding hydrogens is 612 g/mol. The van der Waals surface area contributed by atoms with Crippen LogP contribution in [0.15, 0.2) is 54.2 Å². The lowest BCUT2D eigenvalue weighted by Crippen LogP contribution is -3.00. The van der Waals surface area contributed by atoms with Crippen LogP contribution in [0.25, 0.3) is 0 Å². The molecule has 0 saturated carbocycles. The van der Waals surface area contributed by atoms with Crippen molar-refractivity contribution >= 4 is 22.9 Å². The number of hydrogen-bond acceptors (Lipinski definition) is 5. The Bertz CT molecular complexity index is 1150. The van der Waals surface area contributed by atoms with E-state index in [1.807, 2.05) is 36.4 Å². The van der Waals surface area contributed by atoms with Crippen LogP contribution >= 0.6 is 11.3 Å². The fourth-order valence-corrected chi connectivity index (χ4v) is 5.38. The van der Waals surface area contributed by atoms with Crippen molar-refractivity contribution in [2.24, 2.45) is 0 Å². The van der Waals surface area contributed by atoms with Crippen LogP contribution in [0.4, 0.5) is 5.69 Å². The van der Waals surface area contributed by atoms with Gasteiger partial charge in [0.2, 0.25) is 5.51 Å². The van der Waals surface area contributed by atoms with Gasteiger partial charge in [0.05, 0.1) is 18.6 Å². The summed E-state index contributed by atoms with van der Waals surface area (Å²) in [4.78, 5) is 13.9. The zero-order valence-corrected chi connectivity index (χ0v) is 28.1. The van der Waals surface area contributed by atoms with Gasteiger partial charge in [-0.25, -0.2) is 0 Å². The molecule has 1 amide bonds. The number of thiazole rings is 1. The Hall–Kier alpha value is -2.58. The normalized spacial score (nSPS) is 10.6. The van der Waals surface area contributed by atoms with E-state index in [4.69, 9.17) is 14.2 Å². The van der Waals surface area contributed by atoms with E-state index in [9.17, 15) is 4.79 Å². The second-order valence-electron chi connectivity index (χ2n) is 10.7. The van der Waals surface area contributed by atoms with Gasteiger partial charge >= 0.3 is 0 Å². The average Bonchev–Trinajstić information content (AvgIpc) is 3.39. The standard InChI is InChI=1S/C34H48N2O4S.BrH/c1-4-5-6-7-8-9-10-11-12-13-14-15-22-39-33-23-31(38-3)20-21-32(33)40-26-34(37)35-30-18-16-29(17-19-30)25-36-24-28(2)41-27-36;/h16-21,23-24,27H,4-15,22,25-26H2,1-3H3;1H. The summed E-state index contributed by atoms with van der Waals surface area (Å²) in [5.74, 6) is 1.62. The maximum atomic E-state index is 12.6. The first-order valence-electron chi connectivity index (χ1n) is 15.3. The quantitative estimate of drug-likeness (QED) is 0.121. The summed E-state index contributed by atoms with van der Waals surface area (Å²) in [6, 6.07) is 13.3. The number of aromatic nitrogens is 1. The minimum absolute atomic E-state index is 0. The number of hydrogen-bond donors (Lipinski definition) is 1. The van der Waals surface area contributed by atoms with Crippen molar-refractivity contribution in [2.45, 2.75) is 97.4 Å². The highest BCUT2D eigenvalue weighted by Gasteiger charge is 2.11. The van der Waals surface area contributed by atoms with E-state index < -0.39 is 0 Å². The maximum Gasteiger partial charge on any atom is 0.262 e. The Labute approximate surface area is 267 Å². The van der Waals surface area contributed by atoms with Gasteiger partial charge in [0.1, 0.15) is 5.75 Å². The molecule has 8 heteroatoms. The topological polar surface area (TPSA) is 60.7 Å². The van der Waals surface area contributed by atoms with Crippen molar-refractivity contribution in [2.75, 3.05) is 25.6 Å². The van der Waals surface area contributed by atoms with E-state index in [0.717, 1.165) is 25.1 Å². The van der Waals surface area contributed by atoms with Crippen molar-refractivity contribution in [3.8, 4) is 17.2 Å². The minimum atomic E-state index is -0.219. The van der Waals surface area contributed by atoms with Gasteiger partial charge in [-0.05, 0) is 37.6 Å². The fraction of sp³-hybridized carbons (Fsp3) is 0.529. The number of methoxy groups -OCH3 is 1. The van der Waals surface area contributed by atoms with Crippen LogP contribution in [0.5, 0.6) is 17.2 Å². The summed E-state index contributed by atoms with van der Waals surface area (Å²) in [5, 5.41) is 2.91. The number of aryl methyl sites for hydroxylation is 1. The molecule has 0 aliphatic carbocycles. The molecule has 6 nitrogen and oxygen atoms in total. The largest absolute Gasteiger partial charge is 1.00 e. The highest BCUT2D eigenvalue weighted by atomic mass is 79.9. The van der Waals surface area contributed by atoms with Crippen molar-refractivity contribution in [3.05, 3.63) is 64.6 Å². The van der Waals surface area contributed by atoms with Gasteiger partial charge in [-0.3, -0.25) is 4.79 Å². The van der Waals surface area contributed by atoms with Gasteiger partial charge in [0.15, 0.2) is 30.8 Å². The van der Waals surface area contributed by atoms with Crippen molar-refractivity contribution < 1.29 is 40.6 Å². The zero-order chi connectivity index (χ0) is 29.1. The second-order valence-corrected chi connectivity index (χ2v) is 11.8. The number of carbonyl (C=O) groups is 1. The SMILES string of the molecule is CCCCCCCCCCCCCCOc1cc(OC)ccc1OCC(=O)Nc1ccc(C[n+]2csc(C)c2)cc1.[Br-]. The van der Waals surface area contributed by atoms with E-state index in [0.29, 0.717) is 23.9 Å². The monoisotopic (exact) mass is 660 g/mol. The molecule has 0 unspecified atom stereocenters. The van der Waals surface area contributed by atoms with E-state index in [1.54, 1.807) is 24.5 Å². The highest BCUT2D eigenvalue weighted by Crippen LogP contribution is 2.32. The van der Waals surface area contributed by atoms with Crippen molar-refractivity contribution in [1.29, 1.82) is 0 Å². The molecule has 0 fully saturated rings. The third-order valence-corrected chi connectivity index (χ3v) is 7.94. The molecule has 232 valence electrons. The van der Waals surface area contributed by atoms with Crippen LogP contribution in [0, 0.1) is 6.92 Å². The number of benzene rings is 2. The molecule has 1 N–H and O–H groups in total. The first-order valence-corrected chi connectivity index (χ1v) is 16.2. The lowest BCUT2D eigenvalue weighted by molar-refractivity contribution is -0.683. The Morgan fingerprint density at radius 3 is 2.07 bits per heavy atom. The number of carbonyl (C=O) groups excluding carboxylic acids is 1. The summed E-state index contributed by atoms with van der Waals surface area (Å²) >= 11 is 1.73. The minimum Gasteiger partial charge on any atom is -1.00 e. The van der Waals surface area contributed by atoms with Gasteiger partial charge in [-0.2, -0.15) is 4.57 Å². The van der Waals surface area contributed by atoms with E-state index in [2.05, 4.69) is 35.4 Å². The summed E-state index contributed by atoms with van der Waals surface area (Å²) in [7, 11) is 1.63. The molecule has 3 aromatic rings. The maximum absolute atomic E-state index is 12.6. The molecule has 3 rings (SSSR count). The number of amides is 1. The van der Waals surface area contributed by atoms with Gasteiger partial charge in [-0.15, -0.1) is 0 Å². The van der Waals surface area contributed by atoms with Crippen LogP contribution < -0.4 is 41.1 Å². The number of nitrogens with one attached hydrogen (secondary N) is 1.